The highest BCUT2D eigenvalue weighted by Crippen LogP contribution is 2.35. The van der Waals surface area contributed by atoms with Crippen molar-refractivity contribution < 1.29 is 14.4 Å². The monoisotopic (exact) mass is 224 g/mol. The molecular weight excluding hydrogens is 207 g/mol. The molecule has 0 bridgehead atoms. The van der Waals surface area contributed by atoms with Crippen LogP contribution < -0.4 is 0 Å². The summed E-state index contributed by atoms with van der Waals surface area (Å²) in [4.78, 5) is 18.2. The largest absolute Gasteiger partial charge is 0.325 e. The van der Waals surface area contributed by atoms with Gasteiger partial charge in [0.15, 0.2) is 0 Å². The van der Waals surface area contributed by atoms with Gasteiger partial charge in [0.1, 0.15) is 0 Å². The van der Waals surface area contributed by atoms with Gasteiger partial charge in [-0.2, -0.15) is 0 Å². The zero-order valence-electron chi connectivity index (χ0n) is 7.90. The maximum Gasteiger partial charge on any atom is 0.325 e. The zero-order chi connectivity index (χ0) is 10.3. The first kappa shape index (κ1) is 13.2. The van der Waals surface area contributed by atoms with Gasteiger partial charge in [0.05, 0.1) is 0 Å². The molecule has 0 aliphatic rings. The van der Waals surface area contributed by atoms with Crippen molar-refractivity contribution in [1.82, 2.24) is 0 Å². The van der Waals surface area contributed by atoms with E-state index < -0.39 is 7.60 Å². The molecule has 0 atom stereocenters. The Bertz CT molecular complexity index is 200. The van der Waals surface area contributed by atoms with Gasteiger partial charge in [-0.1, -0.05) is 25.6 Å². The molecule has 0 unspecified atom stereocenters. The highest BCUT2D eigenvalue weighted by atomic mass is 32.1. The van der Waals surface area contributed by atoms with Crippen molar-refractivity contribution in [2.24, 2.45) is 0 Å². The predicted molar refractivity (Wildman–Crippen MR) is 58.3 cm³/mol. The van der Waals surface area contributed by atoms with E-state index in [4.69, 9.17) is 22.0 Å². The SMILES string of the molecule is CCC(=S)CCCCCP(=O)(O)O. The summed E-state index contributed by atoms with van der Waals surface area (Å²) >= 11 is 5.02. The molecule has 3 nitrogen and oxygen atoms in total. The standard InChI is InChI=1S/C8H17O3PS/c1-2-8(13)6-4-3-5-7-12(9,10)11/h2-7H2,1H3,(H2,9,10,11). The van der Waals surface area contributed by atoms with Gasteiger partial charge in [0.2, 0.25) is 0 Å². The third-order valence-corrected chi connectivity index (χ3v) is 3.19. The molecule has 0 radical (unpaired) electrons. The minimum absolute atomic E-state index is 0.00584. The second-order valence-electron chi connectivity index (χ2n) is 3.09. The van der Waals surface area contributed by atoms with Gasteiger partial charge in [-0.3, -0.25) is 4.57 Å². The predicted octanol–water partition coefficient (Wildman–Crippen LogP) is 2.50. The van der Waals surface area contributed by atoms with Gasteiger partial charge in [-0.25, -0.2) is 0 Å². The number of rotatable bonds is 7. The van der Waals surface area contributed by atoms with E-state index in [0.29, 0.717) is 6.42 Å². The van der Waals surface area contributed by atoms with Gasteiger partial charge in [0.25, 0.3) is 0 Å². The summed E-state index contributed by atoms with van der Waals surface area (Å²) in [5, 5.41) is 0. The summed E-state index contributed by atoms with van der Waals surface area (Å²) < 4.78 is 10.5. The number of unbranched alkanes of at least 4 members (excludes halogenated alkanes) is 2. The van der Waals surface area contributed by atoms with Crippen LogP contribution in [0.2, 0.25) is 0 Å². The molecule has 13 heavy (non-hydrogen) atoms. The van der Waals surface area contributed by atoms with Crippen molar-refractivity contribution >= 4 is 24.7 Å². The average molecular weight is 224 g/mol. The van der Waals surface area contributed by atoms with Crippen LogP contribution in [0.5, 0.6) is 0 Å². The Kier molecular flexibility index (Phi) is 6.78. The molecule has 0 amide bonds. The van der Waals surface area contributed by atoms with E-state index in [1.54, 1.807) is 0 Å². The van der Waals surface area contributed by atoms with Crippen molar-refractivity contribution in [2.75, 3.05) is 6.16 Å². The van der Waals surface area contributed by atoms with Crippen LogP contribution in [-0.2, 0) is 4.57 Å². The Hall–Kier alpha value is 0.240. The molecule has 0 heterocycles. The fourth-order valence-corrected chi connectivity index (χ4v) is 1.77. The van der Waals surface area contributed by atoms with E-state index in [1.807, 2.05) is 6.92 Å². The van der Waals surface area contributed by atoms with Crippen LogP contribution in [0.1, 0.15) is 39.0 Å². The molecule has 0 saturated carbocycles. The summed E-state index contributed by atoms with van der Waals surface area (Å²) in [5.41, 5.74) is 0. The molecule has 0 fully saturated rings. The normalized spacial score (nSPS) is 11.6. The second-order valence-corrected chi connectivity index (χ2v) is 5.45. The third-order valence-electron chi connectivity index (χ3n) is 1.80. The molecule has 0 aromatic heterocycles. The van der Waals surface area contributed by atoms with E-state index >= 15 is 0 Å². The van der Waals surface area contributed by atoms with Gasteiger partial charge in [-0.15, -0.1) is 0 Å². The van der Waals surface area contributed by atoms with E-state index in [0.717, 1.165) is 30.5 Å². The Morgan fingerprint density at radius 1 is 1.31 bits per heavy atom. The molecule has 0 aromatic rings. The first-order chi connectivity index (χ1) is 5.95. The lowest BCUT2D eigenvalue weighted by Crippen LogP contribution is -1.93. The lowest BCUT2D eigenvalue weighted by atomic mass is 10.1. The van der Waals surface area contributed by atoms with Crippen LogP contribution in [0.25, 0.3) is 0 Å². The van der Waals surface area contributed by atoms with E-state index in [2.05, 4.69) is 0 Å². The fourth-order valence-electron chi connectivity index (χ4n) is 0.993. The van der Waals surface area contributed by atoms with Gasteiger partial charge >= 0.3 is 7.60 Å². The van der Waals surface area contributed by atoms with E-state index in [9.17, 15) is 4.57 Å². The average Bonchev–Trinajstić information content (AvgIpc) is 2.01. The Morgan fingerprint density at radius 3 is 2.38 bits per heavy atom. The fraction of sp³-hybridized carbons (Fsp3) is 0.875. The lowest BCUT2D eigenvalue weighted by Gasteiger charge is -2.03. The first-order valence-electron chi connectivity index (χ1n) is 4.52. The van der Waals surface area contributed by atoms with Crippen LogP contribution in [0, 0.1) is 0 Å². The third kappa shape index (κ3) is 10.2. The molecular formula is C8H17O3PS. The second kappa shape index (κ2) is 6.66. The van der Waals surface area contributed by atoms with Crippen molar-refractivity contribution in [3.05, 3.63) is 0 Å². The van der Waals surface area contributed by atoms with E-state index in [1.165, 1.54) is 0 Å². The first-order valence-corrected chi connectivity index (χ1v) is 6.72. The van der Waals surface area contributed by atoms with Crippen molar-refractivity contribution in [3.8, 4) is 0 Å². The summed E-state index contributed by atoms with van der Waals surface area (Å²) in [6.45, 7) is 2.03. The minimum atomic E-state index is -3.77. The minimum Gasteiger partial charge on any atom is -0.324 e. The van der Waals surface area contributed by atoms with Crippen LogP contribution >= 0.6 is 19.8 Å². The van der Waals surface area contributed by atoms with Crippen LogP contribution in [0.3, 0.4) is 0 Å². The van der Waals surface area contributed by atoms with Crippen LogP contribution in [0.15, 0.2) is 0 Å². The van der Waals surface area contributed by atoms with E-state index in [-0.39, 0.29) is 6.16 Å². The Balaban J connectivity index is 3.27. The van der Waals surface area contributed by atoms with Crippen LogP contribution in [0.4, 0.5) is 0 Å². The van der Waals surface area contributed by atoms with Gasteiger partial charge < -0.3 is 9.79 Å². The number of thiocarbonyl (C=S) groups is 1. The van der Waals surface area contributed by atoms with Crippen molar-refractivity contribution in [2.45, 2.75) is 39.0 Å². The lowest BCUT2D eigenvalue weighted by molar-refractivity contribution is 0.371. The molecule has 0 rings (SSSR count). The molecule has 0 spiro atoms. The van der Waals surface area contributed by atoms with Crippen molar-refractivity contribution in [3.63, 3.8) is 0 Å². The Labute approximate surface area is 84.7 Å². The Morgan fingerprint density at radius 2 is 1.92 bits per heavy atom. The quantitative estimate of drug-likeness (QED) is 0.396. The summed E-state index contributed by atoms with van der Waals surface area (Å²) in [6.07, 6.45) is 4.24. The summed E-state index contributed by atoms with van der Waals surface area (Å²) in [7, 11) is -3.77. The highest BCUT2D eigenvalue weighted by molar-refractivity contribution is 7.80. The topological polar surface area (TPSA) is 57.5 Å². The molecule has 0 saturated heterocycles. The summed E-state index contributed by atoms with van der Waals surface area (Å²) in [6, 6.07) is 0. The maximum absolute atomic E-state index is 10.5. The van der Waals surface area contributed by atoms with Crippen molar-refractivity contribution in [1.29, 1.82) is 0 Å². The number of hydrogen-bond acceptors (Lipinski definition) is 2. The number of hydrogen-bond donors (Lipinski definition) is 2. The maximum atomic E-state index is 10.5. The molecule has 2 N–H and O–H groups in total. The molecule has 0 aliphatic heterocycles. The van der Waals surface area contributed by atoms with Crippen LogP contribution in [-0.4, -0.2) is 20.8 Å². The molecule has 78 valence electrons. The molecule has 5 heteroatoms. The molecule has 0 aromatic carbocycles. The van der Waals surface area contributed by atoms with Gasteiger partial charge in [-0.05, 0) is 30.5 Å². The summed E-state index contributed by atoms with van der Waals surface area (Å²) in [5.74, 6) is 0. The zero-order valence-corrected chi connectivity index (χ0v) is 9.61. The highest BCUT2D eigenvalue weighted by Gasteiger charge is 2.10. The molecule has 0 aliphatic carbocycles. The smallest absolute Gasteiger partial charge is 0.324 e. The van der Waals surface area contributed by atoms with Gasteiger partial charge in [0, 0.05) is 6.16 Å².